The Hall–Kier alpha value is -1.56. The molecule has 0 heterocycles. The average molecular weight is 561 g/mol. The van der Waals surface area contributed by atoms with Gasteiger partial charge in [0, 0.05) is 0 Å². The van der Waals surface area contributed by atoms with Gasteiger partial charge in [-0.2, -0.15) is 0 Å². The van der Waals surface area contributed by atoms with E-state index in [0.29, 0.717) is 5.92 Å². The minimum atomic E-state index is 0.629. The van der Waals surface area contributed by atoms with Crippen molar-refractivity contribution in [1.82, 2.24) is 0 Å². The van der Waals surface area contributed by atoms with Gasteiger partial charge in [-0.15, -0.1) is 0 Å². The molecule has 2 aromatic rings. The topological polar surface area (TPSA) is 0 Å². The molecule has 0 N–H and O–H groups in total. The summed E-state index contributed by atoms with van der Waals surface area (Å²) in [5, 5.41) is 0. The molecule has 2 unspecified atom stereocenters. The molecule has 0 bridgehead atoms. The third-order valence-corrected chi connectivity index (χ3v) is 9.45. The minimum Gasteiger partial charge on any atom is -0.0654 e. The van der Waals surface area contributed by atoms with Gasteiger partial charge in [-0.1, -0.05) is 149 Å². The second-order valence-corrected chi connectivity index (χ2v) is 13.3. The van der Waals surface area contributed by atoms with Gasteiger partial charge in [0.25, 0.3) is 0 Å². The Morgan fingerprint density at radius 2 is 0.951 bits per heavy atom. The molecule has 2 rings (SSSR count). The van der Waals surface area contributed by atoms with Gasteiger partial charge >= 0.3 is 0 Å². The van der Waals surface area contributed by atoms with Crippen molar-refractivity contribution in [2.24, 2.45) is 5.92 Å². The van der Waals surface area contributed by atoms with Crippen molar-refractivity contribution in [2.75, 3.05) is 0 Å². The van der Waals surface area contributed by atoms with Crippen LogP contribution in [0.3, 0.4) is 0 Å². The predicted octanol–water partition coefficient (Wildman–Crippen LogP) is 13.2. The molecule has 0 heteroatoms. The van der Waals surface area contributed by atoms with Gasteiger partial charge in [0.2, 0.25) is 0 Å². The summed E-state index contributed by atoms with van der Waals surface area (Å²) < 4.78 is 0. The maximum atomic E-state index is 2.62. The van der Waals surface area contributed by atoms with Crippen molar-refractivity contribution < 1.29 is 0 Å². The van der Waals surface area contributed by atoms with Crippen LogP contribution in [0.2, 0.25) is 0 Å². The van der Waals surface area contributed by atoms with Crippen molar-refractivity contribution in [3.63, 3.8) is 0 Å². The molecule has 41 heavy (non-hydrogen) atoms. The summed E-state index contributed by atoms with van der Waals surface area (Å²) in [5.74, 6) is 1.40. The van der Waals surface area contributed by atoms with E-state index in [0.717, 1.165) is 5.92 Å². The first-order valence-corrected chi connectivity index (χ1v) is 18.3. The van der Waals surface area contributed by atoms with E-state index in [9.17, 15) is 0 Å². The number of benzene rings is 2. The number of unbranched alkanes of at least 4 members (excludes halogenated alkanes) is 9. The fourth-order valence-corrected chi connectivity index (χ4v) is 6.74. The summed E-state index contributed by atoms with van der Waals surface area (Å²) in [5.41, 5.74) is 9.75. The maximum Gasteiger partial charge on any atom is -0.0188 e. The normalized spacial score (nSPS) is 13.0. The maximum absolute atomic E-state index is 2.62. The number of hydrogen-bond donors (Lipinski definition) is 0. The van der Waals surface area contributed by atoms with Gasteiger partial charge in [0.1, 0.15) is 0 Å². The zero-order valence-electron chi connectivity index (χ0n) is 28.5. The zero-order chi connectivity index (χ0) is 29.7. The van der Waals surface area contributed by atoms with E-state index in [-0.39, 0.29) is 0 Å². The number of hydrogen-bond acceptors (Lipinski definition) is 0. The zero-order valence-corrected chi connectivity index (χ0v) is 28.5. The molecule has 0 spiro atoms. The van der Waals surface area contributed by atoms with Gasteiger partial charge in [-0.3, -0.25) is 0 Å². The third-order valence-electron chi connectivity index (χ3n) is 9.45. The highest BCUT2D eigenvalue weighted by Gasteiger charge is 2.17. The molecule has 2 atom stereocenters. The van der Waals surface area contributed by atoms with Crippen LogP contribution in [0.25, 0.3) is 0 Å². The average Bonchev–Trinajstić information content (AvgIpc) is 2.98. The first-order chi connectivity index (χ1) is 20.1. The SMILES string of the molecule is CCCCCc1ccc(CC(CCCC)CC(C)c2ccc(CCCCC)c(CCCCC)c2)cc1CCCCC. The van der Waals surface area contributed by atoms with Crippen molar-refractivity contribution in [3.8, 4) is 0 Å². The van der Waals surface area contributed by atoms with E-state index >= 15 is 0 Å². The van der Waals surface area contributed by atoms with Crippen molar-refractivity contribution in [3.05, 3.63) is 69.8 Å². The molecule has 0 amide bonds. The molecule has 2 aromatic carbocycles. The van der Waals surface area contributed by atoms with Gasteiger partial charge in [-0.25, -0.2) is 0 Å². The summed E-state index contributed by atoms with van der Waals surface area (Å²) in [6.45, 7) is 14.2. The summed E-state index contributed by atoms with van der Waals surface area (Å²) in [7, 11) is 0. The van der Waals surface area contributed by atoms with Crippen LogP contribution in [0, 0.1) is 5.92 Å². The van der Waals surface area contributed by atoms with Crippen LogP contribution in [0.1, 0.15) is 184 Å². The molecular formula is C41H68. The Morgan fingerprint density at radius 1 is 0.488 bits per heavy atom. The molecule has 0 saturated carbocycles. The second kappa shape index (κ2) is 22.0. The van der Waals surface area contributed by atoms with Crippen LogP contribution in [0.5, 0.6) is 0 Å². The lowest BCUT2D eigenvalue weighted by Gasteiger charge is -2.23. The summed E-state index contributed by atoms with van der Waals surface area (Å²) in [4.78, 5) is 0. The molecule has 0 aliphatic heterocycles. The van der Waals surface area contributed by atoms with Crippen LogP contribution < -0.4 is 0 Å². The Kier molecular flexibility index (Phi) is 19.2. The molecule has 0 aromatic heterocycles. The van der Waals surface area contributed by atoms with E-state index in [4.69, 9.17) is 0 Å². The standard InChI is InChI=1S/C41H68/c1-7-12-17-22-37-27-26-36(32-40(37)24-19-14-9-3)31-35(21-16-11-5)30-34(6)39-29-28-38(23-18-13-8-2)41(33-39)25-20-15-10-4/h26-29,32-35H,7-25,30-31H2,1-6H3. The van der Waals surface area contributed by atoms with E-state index in [1.54, 1.807) is 33.4 Å². The highest BCUT2D eigenvalue weighted by molar-refractivity contribution is 5.35. The van der Waals surface area contributed by atoms with Crippen LogP contribution >= 0.6 is 0 Å². The quantitative estimate of drug-likeness (QED) is 0.112. The largest absolute Gasteiger partial charge is 0.0654 e. The van der Waals surface area contributed by atoms with Crippen LogP contribution in [0.15, 0.2) is 36.4 Å². The molecule has 232 valence electrons. The fourth-order valence-electron chi connectivity index (χ4n) is 6.74. The Morgan fingerprint density at radius 3 is 1.46 bits per heavy atom. The molecular weight excluding hydrogens is 492 g/mol. The van der Waals surface area contributed by atoms with E-state index in [1.807, 2.05) is 0 Å². The van der Waals surface area contributed by atoms with Crippen molar-refractivity contribution >= 4 is 0 Å². The lowest BCUT2D eigenvalue weighted by Crippen LogP contribution is -2.11. The Labute approximate surface area is 257 Å². The fraction of sp³-hybridized carbons (Fsp3) is 0.707. The highest BCUT2D eigenvalue weighted by atomic mass is 14.2. The third kappa shape index (κ3) is 14.0. The van der Waals surface area contributed by atoms with E-state index in [2.05, 4.69) is 77.9 Å². The Balaban J connectivity index is 2.19. The lowest BCUT2D eigenvalue weighted by atomic mass is 9.82. The van der Waals surface area contributed by atoms with Gasteiger partial charge < -0.3 is 0 Å². The summed E-state index contributed by atoms with van der Waals surface area (Å²) >= 11 is 0. The first-order valence-electron chi connectivity index (χ1n) is 18.3. The minimum absolute atomic E-state index is 0.629. The molecule has 0 nitrogen and oxygen atoms in total. The van der Waals surface area contributed by atoms with Gasteiger partial charge in [0.05, 0.1) is 0 Å². The summed E-state index contributed by atoms with van der Waals surface area (Å²) in [6.07, 6.45) is 27.6. The monoisotopic (exact) mass is 561 g/mol. The molecule has 0 aliphatic carbocycles. The van der Waals surface area contributed by atoms with Gasteiger partial charge in [0.15, 0.2) is 0 Å². The number of rotatable bonds is 24. The van der Waals surface area contributed by atoms with Gasteiger partial charge in [-0.05, 0) is 109 Å². The van der Waals surface area contributed by atoms with Crippen LogP contribution in [0.4, 0.5) is 0 Å². The Bertz CT molecular complexity index is 922. The molecule has 0 aliphatic rings. The number of aryl methyl sites for hydroxylation is 4. The smallest absolute Gasteiger partial charge is 0.0188 e. The van der Waals surface area contributed by atoms with E-state index < -0.39 is 0 Å². The van der Waals surface area contributed by atoms with Crippen molar-refractivity contribution in [1.29, 1.82) is 0 Å². The predicted molar refractivity (Wildman–Crippen MR) is 186 cm³/mol. The lowest BCUT2D eigenvalue weighted by molar-refractivity contribution is 0.403. The molecule has 0 radical (unpaired) electrons. The highest BCUT2D eigenvalue weighted by Crippen LogP contribution is 2.31. The van der Waals surface area contributed by atoms with Crippen LogP contribution in [-0.4, -0.2) is 0 Å². The summed E-state index contributed by atoms with van der Waals surface area (Å²) in [6, 6.07) is 15.2. The van der Waals surface area contributed by atoms with Crippen LogP contribution in [-0.2, 0) is 32.1 Å². The van der Waals surface area contributed by atoms with Crippen molar-refractivity contribution in [2.45, 2.75) is 182 Å². The molecule has 0 fully saturated rings. The first kappa shape index (κ1) is 35.6. The second-order valence-electron chi connectivity index (χ2n) is 13.3. The molecule has 0 saturated heterocycles. The van der Waals surface area contributed by atoms with E-state index in [1.165, 1.54) is 135 Å².